The number of carbonyl (C=O) groups excluding carboxylic acids is 4. The zero-order valence-electron chi connectivity index (χ0n) is 29.3. The maximum absolute atomic E-state index is 13.2. The van der Waals surface area contributed by atoms with Gasteiger partial charge in [-0.15, -0.1) is 0 Å². The fourth-order valence-electron chi connectivity index (χ4n) is 8.51. The van der Waals surface area contributed by atoms with Crippen LogP contribution in [0.15, 0.2) is 72.8 Å². The summed E-state index contributed by atoms with van der Waals surface area (Å²) >= 11 is 0. The van der Waals surface area contributed by atoms with E-state index in [-0.39, 0.29) is 49.2 Å². The number of rotatable bonds is 8. The molecule has 6 aliphatic rings. The Kier molecular flexibility index (Phi) is 8.39. The van der Waals surface area contributed by atoms with Gasteiger partial charge in [0.05, 0.1) is 60.6 Å². The zero-order valence-corrected chi connectivity index (χ0v) is 29.3. The molecule has 10 unspecified atom stereocenters. The number of carbonyl (C=O) groups is 4. The number of benzene rings is 4. The molecule has 0 spiro atoms. The maximum Gasteiger partial charge on any atom is 0.338 e. The van der Waals surface area contributed by atoms with Crippen molar-refractivity contribution in [2.45, 2.75) is 87.4 Å². The molecule has 0 radical (unpaired) electrons. The highest BCUT2D eigenvalue weighted by molar-refractivity contribution is 5.97. The van der Waals surface area contributed by atoms with Crippen molar-refractivity contribution in [2.75, 3.05) is 13.2 Å². The first kappa shape index (κ1) is 33.7. The molecule has 4 saturated heterocycles. The topological polar surface area (TPSA) is 149 Å². The normalized spacial score (nSPS) is 31.9. The van der Waals surface area contributed by atoms with Gasteiger partial charge in [0.1, 0.15) is 23.7 Å². The van der Waals surface area contributed by atoms with Crippen molar-refractivity contribution in [2.24, 2.45) is 11.8 Å². The highest BCUT2D eigenvalue weighted by Gasteiger charge is 2.51. The minimum absolute atomic E-state index is 0.102. The molecular formula is C42H38O12. The molecule has 12 heteroatoms. The number of esters is 4. The lowest BCUT2D eigenvalue weighted by Gasteiger charge is -2.18. The Morgan fingerprint density at radius 3 is 1.37 bits per heavy atom. The molecule has 10 atom stereocenters. The van der Waals surface area contributed by atoms with Gasteiger partial charge in [-0.05, 0) is 109 Å². The first-order valence-electron chi connectivity index (χ1n) is 18.8. The fourth-order valence-corrected chi connectivity index (χ4v) is 8.51. The van der Waals surface area contributed by atoms with E-state index < -0.39 is 36.4 Å². The highest BCUT2D eigenvalue weighted by atomic mass is 16.7. The van der Waals surface area contributed by atoms with Crippen LogP contribution in [-0.4, -0.2) is 85.9 Å². The van der Waals surface area contributed by atoms with E-state index in [1.807, 2.05) is 12.1 Å². The van der Waals surface area contributed by atoms with Crippen LogP contribution in [0.3, 0.4) is 0 Å². The average Bonchev–Trinajstić information content (AvgIpc) is 4.07. The van der Waals surface area contributed by atoms with E-state index in [1.54, 1.807) is 60.7 Å². The number of fused-ring (bicyclic) bond motifs is 5. The lowest BCUT2D eigenvalue weighted by Crippen LogP contribution is -2.36. The Labute approximate surface area is 309 Å². The third-order valence-electron chi connectivity index (χ3n) is 11.7. The van der Waals surface area contributed by atoms with Gasteiger partial charge in [0, 0.05) is 0 Å². The summed E-state index contributed by atoms with van der Waals surface area (Å²) in [6.45, 7) is 0.203. The molecule has 4 aliphatic heterocycles. The molecule has 0 amide bonds. The van der Waals surface area contributed by atoms with Gasteiger partial charge in [0.15, 0.2) is 12.2 Å². The van der Waals surface area contributed by atoms with E-state index in [2.05, 4.69) is 0 Å². The van der Waals surface area contributed by atoms with E-state index in [1.165, 1.54) is 0 Å². The van der Waals surface area contributed by atoms with Gasteiger partial charge in [-0.25, -0.2) is 9.59 Å². The number of hydrogen-bond donors (Lipinski definition) is 0. The van der Waals surface area contributed by atoms with E-state index >= 15 is 0 Å². The molecule has 4 heterocycles. The minimum atomic E-state index is -0.680. The van der Waals surface area contributed by atoms with Crippen LogP contribution in [0, 0.1) is 11.8 Å². The molecule has 0 bridgehead atoms. The molecule has 2 saturated carbocycles. The van der Waals surface area contributed by atoms with Gasteiger partial charge >= 0.3 is 23.9 Å². The smallest absolute Gasteiger partial charge is 0.338 e. The quantitative estimate of drug-likeness (QED) is 0.128. The first-order chi connectivity index (χ1) is 26.3. The van der Waals surface area contributed by atoms with Gasteiger partial charge < -0.3 is 37.9 Å². The Balaban J connectivity index is 0.729. The molecule has 6 fully saturated rings. The molecule has 2 aliphatic carbocycles. The van der Waals surface area contributed by atoms with Crippen molar-refractivity contribution in [3.8, 4) is 11.5 Å². The van der Waals surface area contributed by atoms with Crippen LogP contribution in [0.2, 0.25) is 0 Å². The number of hydrogen-bond acceptors (Lipinski definition) is 12. The van der Waals surface area contributed by atoms with Crippen LogP contribution >= 0.6 is 0 Å². The second kappa shape index (κ2) is 13.5. The van der Waals surface area contributed by atoms with Gasteiger partial charge in [-0.3, -0.25) is 9.59 Å². The molecule has 0 aromatic heterocycles. The van der Waals surface area contributed by atoms with Crippen molar-refractivity contribution in [3.05, 3.63) is 83.9 Å². The maximum atomic E-state index is 13.2. The van der Waals surface area contributed by atoms with Crippen LogP contribution in [0.5, 0.6) is 11.5 Å². The molecule has 4 aromatic rings. The predicted molar refractivity (Wildman–Crippen MR) is 189 cm³/mol. The van der Waals surface area contributed by atoms with Crippen LogP contribution in [0.1, 0.15) is 59.2 Å². The van der Waals surface area contributed by atoms with Gasteiger partial charge in [-0.1, -0.05) is 24.3 Å². The first-order valence-corrected chi connectivity index (χ1v) is 18.8. The Morgan fingerprint density at radius 2 is 0.926 bits per heavy atom. The molecule has 4 aromatic carbocycles. The van der Waals surface area contributed by atoms with E-state index in [0.717, 1.165) is 47.2 Å². The van der Waals surface area contributed by atoms with Crippen LogP contribution in [-0.2, 0) is 38.0 Å². The van der Waals surface area contributed by atoms with Crippen molar-refractivity contribution < 1.29 is 57.1 Å². The second-order valence-corrected chi connectivity index (χ2v) is 15.2. The fraction of sp³-hybridized carbons (Fsp3) is 0.429. The summed E-state index contributed by atoms with van der Waals surface area (Å²) in [6, 6.07) is 21.0. The zero-order chi connectivity index (χ0) is 36.5. The molecular weight excluding hydrogens is 696 g/mol. The largest absolute Gasteiger partial charge is 0.453 e. The second-order valence-electron chi connectivity index (χ2n) is 15.2. The third-order valence-corrected chi connectivity index (χ3v) is 11.7. The molecule has 278 valence electrons. The number of ether oxygens (including phenoxy) is 8. The van der Waals surface area contributed by atoms with E-state index in [0.29, 0.717) is 47.7 Å². The van der Waals surface area contributed by atoms with Crippen molar-refractivity contribution in [1.82, 2.24) is 0 Å². The number of epoxide rings is 2. The molecule has 54 heavy (non-hydrogen) atoms. The Bertz CT molecular complexity index is 2030. The molecule has 12 nitrogen and oxygen atoms in total. The lowest BCUT2D eigenvalue weighted by atomic mass is 9.89. The van der Waals surface area contributed by atoms with Crippen molar-refractivity contribution in [1.29, 1.82) is 0 Å². The van der Waals surface area contributed by atoms with Crippen LogP contribution < -0.4 is 9.47 Å². The van der Waals surface area contributed by atoms with Gasteiger partial charge in [0.25, 0.3) is 0 Å². The SMILES string of the molecule is O=C(OC1COC2C(OC(=O)c3ccc4cc(OC(=O)C5CCC6OC6C5)ccc4c3)COC12)c1ccc2cc(OC(=O)C3CCC4OC4C3)ccc2c1. The van der Waals surface area contributed by atoms with E-state index in [4.69, 9.17) is 37.9 Å². The van der Waals surface area contributed by atoms with Gasteiger partial charge in [0.2, 0.25) is 0 Å². The summed E-state index contributed by atoms with van der Waals surface area (Å²) in [6.07, 6.45) is 3.24. The molecule has 0 N–H and O–H groups in total. The lowest BCUT2D eigenvalue weighted by molar-refractivity contribution is -0.140. The summed E-state index contributed by atoms with van der Waals surface area (Å²) < 4.78 is 46.0. The summed E-state index contributed by atoms with van der Waals surface area (Å²) in [4.78, 5) is 51.9. The van der Waals surface area contributed by atoms with Crippen molar-refractivity contribution >= 4 is 45.4 Å². The summed E-state index contributed by atoms with van der Waals surface area (Å²) in [5.41, 5.74) is 0.713. The minimum Gasteiger partial charge on any atom is -0.453 e. The van der Waals surface area contributed by atoms with Gasteiger partial charge in [-0.2, -0.15) is 0 Å². The summed E-state index contributed by atoms with van der Waals surface area (Å²) in [7, 11) is 0. The standard InChI is InChI=1S/C42H38O12/c43-39(27-7-11-31-33(17-27)51-31)49-29-9-5-21-13-25(3-1-23(21)15-29)41(45)53-35-19-47-38-36(20-48-37(35)38)54-42(46)26-4-2-24-16-30(10-6-22(24)14-26)50-40(44)28-8-12-32-34(18-28)52-32/h1-6,9-10,13-16,27-28,31-38H,7-8,11-12,17-20H2. The van der Waals surface area contributed by atoms with E-state index in [9.17, 15) is 19.2 Å². The van der Waals surface area contributed by atoms with Crippen molar-refractivity contribution in [3.63, 3.8) is 0 Å². The Hall–Kier alpha value is -4.88. The van der Waals surface area contributed by atoms with Crippen LogP contribution in [0.4, 0.5) is 0 Å². The summed E-state index contributed by atoms with van der Waals surface area (Å²) in [5, 5.41) is 3.22. The Morgan fingerprint density at radius 1 is 0.500 bits per heavy atom. The molecule has 10 rings (SSSR count). The van der Waals surface area contributed by atoms with Crippen LogP contribution in [0.25, 0.3) is 21.5 Å². The highest BCUT2D eigenvalue weighted by Crippen LogP contribution is 2.41. The average molecular weight is 735 g/mol. The predicted octanol–water partition coefficient (Wildman–Crippen LogP) is 5.49. The summed E-state index contributed by atoms with van der Waals surface area (Å²) in [5.74, 6) is -0.924. The monoisotopic (exact) mass is 734 g/mol. The third kappa shape index (κ3) is 6.61.